The number of nitrogens with one attached hydrogen (secondary N) is 2. The molecule has 0 radical (unpaired) electrons. The van der Waals surface area contributed by atoms with E-state index in [0.717, 1.165) is 36.4 Å². The van der Waals surface area contributed by atoms with Crippen molar-refractivity contribution in [2.24, 2.45) is 0 Å². The molecule has 8 heteroatoms. The third-order valence-corrected chi connectivity index (χ3v) is 6.46. The van der Waals surface area contributed by atoms with Crippen molar-refractivity contribution in [1.82, 2.24) is 4.90 Å². The smallest absolute Gasteiger partial charge is 0.257 e. The predicted octanol–water partition coefficient (Wildman–Crippen LogP) is 4.49. The van der Waals surface area contributed by atoms with Gasteiger partial charge in [-0.05, 0) is 73.5 Å². The highest BCUT2D eigenvalue weighted by molar-refractivity contribution is 6.10. The molecule has 1 unspecified atom stereocenters. The van der Waals surface area contributed by atoms with Crippen molar-refractivity contribution in [3.8, 4) is 17.2 Å². The number of hydrogen-bond acceptors (Lipinski definition) is 6. The Hall–Kier alpha value is -4.04. The third kappa shape index (κ3) is 5.28. The summed E-state index contributed by atoms with van der Waals surface area (Å²) < 4.78 is 16.5. The molecule has 2 heterocycles. The quantitative estimate of drug-likeness (QED) is 0.510. The highest BCUT2D eigenvalue weighted by Crippen LogP contribution is 2.38. The number of anilines is 2. The van der Waals surface area contributed by atoms with E-state index in [1.54, 1.807) is 55.6 Å². The predicted molar refractivity (Wildman–Crippen MR) is 137 cm³/mol. The molecule has 0 aliphatic carbocycles. The second-order valence-corrected chi connectivity index (χ2v) is 8.81. The molecular weight excluding hydrogens is 458 g/mol. The van der Waals surface area contributed by atoms with Crippen LogP contribution in [0.4, 0.5) is 11.4 Å². The van der Waals surface area contributed by atoms with Gasteiger partial charge in [0.1, 0.15) is 19.0 Å². The number of methoxy groups -OCH3 is 1. The number of carbonyl (C=O) groups excluding carboxylic acids is 2. The van der Waals surface area contributed by atoms with E-state index in [-0.39, 0.29) is 24.4 Å². The van der Waals surface area contributed by atoms with E-state index in [4.69, 9.17) is 14.2 Å². The minimum absolute atomic E-state index is 0.125. The topological polar surface area (TPSA) is 89.1 Å². The number of likely N-dealkylation sites (tertiary alicyclic amines) is 1. The normalized spacial score (nSPS) is 16.9. The summed E-state index contributed by atoms with van der Waals surface area (Å²) >= 11 is 0. The summed E-state index contributed by atoms with van der Waals surface area (Å²) in [6, 6.07) is 20.2. The number of fused-ring (bicyclic) bond motifs is 1. The Labute approximate surface area is 210 Å². The maximum absolute atomic E-state index is 13.0. The number of benzene rings is 3. The van der Waals surface area contributed by atoms with Gasteiger partial charge in [0.25, 0.3) is 5.91 Å². The van der Waals surface area contributed by atoms with Crippen molar-refractivity contribution < 1.29 is 23.8 Å². The van der Waals surface area contributed by atoms with Crippen molar-refractivity contribution in [2.75, 3.05) is 44.0 Å². The molecule has 1 saturated heterocycles. The van der Waals surface area contributed by atoms with Crippen LogP contribution in [0.15, 0.2) is 66.7 Å². The molecule has 0 spiro atoms. The minimum Gasteiger partial charge on any atom is -0.497 e. The first-order chi connectivity index (χ1) is 17.6. The Morgan fingerprint density at radius 1 is 0.972 bits per heavy atom. The number of nitrogens with zero attached hydrogens (tertiary/aromatic N) is 1. The van der Waals surface area contributed by atoms with Gasteiger partial charge in [0.15, 0.2) is 11.5 Å². The van der Waals surface area contributed by atoms with Crippen molar-refractivity contribution in [3.63, 3.8) is 0 Å². The Bertz CT molecular complexity index is 1240. The summed E-state index contributed by atoms with van der Waals surface area (Å²) in [5.74, 6) is 1.76. The molecule has 0 aromatic heterocycles. The van der Waals surface area contributed by atoms with Gasteiger partial charge in [-0.3, -0.25) is 14.5 Å². The van der Waals surface area contributed by atoms with Gasteiger partial charge in [0.2, 0.25) is 5.91 Å². The van der Waals surface area contributed by atoms with E-state index in [0.29, 0.717) is 35.9 Å². The number of para-hydroxylation sites is 1. The molecule has 8 nitrogen and oxygen atoms in total. The van der Waals surface area contributed by atoms with E-state index in [9.17, 15) is 9.59 Å². The maximum atomic E-state index is 13.0. The number of carbonyl (C=O) groups is 2. The van der Waals surface area contributed by atoms with Crippen LogP contribution in [-0.4, -0.2) is 50.1 Å². The summed E-state index contributed by atoms with van der Waals surface area (Å²) in [5.41, 5.74) is 2.63. The summed E-state index contributed by atoms with van der Waals surface area (Å²) in [7, 11) is 1.59. The maximum Gasteiger partial charge on any atom is 0.257 e. The fourth-order valence-electron chi connectivity index (χ4n) is 4.70. The van der Waals surface area contributed by atoms with E-state index in [2.05, 4.69) is 15.5 Å². The highest BCUT2D eigenvalue weighted by atomic mass is 16.6. The Balaban J connectivity index is 1.24. The molecule has 5 rings (SSSR count). The number of hydrogen-bond donors (Lipinski definition) is 2. The van der Waals surface area contributed by atoms with Gasteiger partial charge in [0.05, 0.1) is 24.9 Å². The average Bonchev–Trinajstić information content (AvgIpc) is 3.37. The molecule has 2 N–H and O–H groups in total. The van der Waals surface area contributed by atoms with Crippen LogP contribution in [0.5, 0.6) is 17.2 Å². The standard InChI is InChI=1S/C28H29N3O5/c1-34-21-11-9-20(10-12-21)29-28(33)22-5-2-3-6-23(22)30-27(32)18-31-14-4-7-24(31)19-8-13-25-26(17-19)36-16-15-35-25/h2-3,5-6,8-13,17,24H,4,7,14-16,18H2,1H3,(H,29,33)(H,30,32). The van der Waals surface area contributed by atoms with Gasteiger partial charge in [-0.15, -0.1) is 0 Å². The monoisotopic (exact) mass is 487 g/mol. The average molecular weight is 488 g/mol. The van der Waals surface area contributed by atoms with Crippen molar-refractivity contribution in [1.29, 1.82) is 0 Å². The molecule has 3 aromatic carbocycles. The van der Waals surface area contributed by atoms with Crippen LogP contribution in [0.2, 0.25) is 0 Å². The molecule has 2 aliphatic heterocycles. The van der Waals surface area contributed by atoms with Crippen LogP contribution < -0.4 is 24.8 Å². The first-order valence-electron chi connectivity index (χ1n) is 12.1. The van der Waals surface area contributed by atoms with Gasteiger partial charge in [-0.1, -0.05) is 18.2 Å². The Kier molecular flexibility index (Phi) is 7.04. The Morgan fingerprint density at radius 3 is 2.56 bits per heavy atom. The van der Waals surface area contributed by atoms with Gasteiger partial charge in [-0.25, -0.2) is 0 Å². The van der Waals surface area contributed by atoms with E-state index in [1.807, 2.05) is 18.2 Å². The molecule has 1 atom stereocenters. The first-order valence-corrected chi connectivity index (χ1v) is 12.1. The van der Waals surface area contributed by atoms with Gasteiger partial charge in [0, 0.05) is 11.7 Å². The van der Waals surface area contributed by atoms with Crippen LogP contribution in [0.1, 0.15) is 34.8 Å². The zero-order valence-corrected chi connectivity index (χ0v) is 20.2. The molecule has 3 aromatic rings. The molecule has 2 amide bonds. The lowest BCUT2D eigenvalue weighted by Crippen LogP contribution is -2.33. The number of rotatable bonds is 7. The summed E-state index contributed by atoms with van der Waals surface area (Å²) in [4.78, 5) is 28.1. The number of ether oxygens (including phenoxy) is 3. The molecule has 0 saturated carbocycles. The first kappa shape index (κ1) is 23.7. The van der Waals surface area contributed by atoms with Gasteiger partial charge >= 0.3 is 0 Å². The minimum atomic E-state index is -0.300. The van der Waals surface area contributed by atoms with Gasteiger partial charge in [-0.2, -0.15) is 0 Å². The summed E-state index contributed by atoms with van der Waals surface area (Å²) in [6.45, 7) is 2.15. The van der Waals surface area contributed by atoms with Gasteiger partial charge < -0.3 is 24.8 Å². The zero-order valence-electron chi connectivity index (χ0n) is 20.2. The second kappa shape index (κ2) is 10.7. The van der Waals surface area contributed by atoms with Crippen LogP contribution >= 0.6 is 0 Å². The lowest BCUT2D eigenvalue weighted by molar-refractivity contribution is -0.117. The lowest BCUT2D eigenvalue weighted by Gasteiger charge is -2.26. The molecule has 1 fully saturated rings. The van der Waals surface area contributed by atoms with E-state index < -0.39 is 0 Å². The van der Waals surface area contributed by atoms with E-state index >= 15 is 0 Å². The lowest BCUT2D eigenvalue weighted by atomic mass is 10.0. The van der Waals surface area contributed by atoms with Crippen LogP contribution in [0, 0.1) is 0 Å². The number of amides is 2. The second-order valence-electron chi connectivity index (χ2n) is 8.81. The largest absolute Gasteiger partial charge is 0.497 e. The molecule has 186 valence electrons. The van der Waals surface area contributed by atoms with Crippen molar-refractivity contribution in [2.45, 2.75) is 18.9 Å². The molecule has 2 aliphatic rings. The third-order valence-electron chi connectivity index (χ3n) is 6.46. The molecular formula is C28H29N3O5. The summed E-state index contributed by atoms with van der Waals surface area (Å²) in [6.07, 6.45) is 1.97. The van der Waals surface area contributed by atoms with Crippen molar-refractivity contribution >= 4 is 23.2 Å². The molecule has 36 heavy (non-hydrogen) atoms. The van der Waals surface area contributed by atoms with E-state index in [1.165, 1.54) is 0 Å². The Morgan fingerprint density at radius 2 is 1.75 bits per heavy atom. The summed E-state index contributed by atoms with van der Waals surface area (Å²) in [5, 5.41) is 5.81. The highest BCUT2D eigenvalue weighted by Gasteiger charge is 2.29. The fraction of sp³-hybridized carbons (Fsp3) is 0.286. The van der Waals surface area contributed by atoms with Crippen molar-refractivity contribution in [3.05, 3.63) is 77.9 Å². The fourth-order valence-corrected chi connectivity index (χ4v) is 4.70. The molecule has 0 bridgehead atoms. The van der Waals surface area contributed by atoms with Crippen LogP contribution in [0.3, 0.4) is 0 Å². The zero-order chi connectivity index (χ0) is 24.9. The van der Waals surface area contributed by atoms with Crippen LogP contribution in [0.25, 0.3) is 0 Å². The van der Waals surface area contributed by atoms with Crippen LogP contribution in [-0.2, 0) is 4.79 Å². The SMILES string of the molecule is COc1ccc(NC(=O)c2ccccc2NC(=O)CN2CCCC2c2ccc3c(c2)OCCO3)cc1.